The number of methoxy groups -OCH3 is 3. The number of piperidine rings is 1. The molecule has 1 heterocycles. The molecular formula is C31H38N2O6. The fourth-order valence-corrected chi connectivity index (χ4v) is 5.97. The Bertz CT molecular complexity index is 1250. The zero-order chi connectivity index (χ0) is 28.2. The second kappa shape index (κ2) is 11.5. The van der Waals surface area contributed by atoms with Crippen LogP contribution >= 0.6 is 0 Å². The van der Waals surface area contributed by atoms with Crippen molar-refractivity contribution in [3.05, 3.63) is 71.4 Å². The van der Waals surface area contributed by atoms with Gasteiger partial charge < -0.3 is 24.4 Å². The molecule has 0 saturated carbocycles. The molecule has 8 heteroatoms. The van der Waals surface area contributed by atoms with Gasteiger partial charge in [-0.2, -0.15) is 0 Å². The summed E-state index contributed by atoms with van der Waals surface area (Å²) in [5.41, 5.74) is 1.34. The van der Waals surface area contributed by atoms with Gasteiger partial charge in [-0.15, -0.1) is 0 Å². The molecule has 39 heavy (non-hydrogen) atoms. The van der Waals surface area contributed by atoms with E-state index in [-0.39, 0.29) is 42.6 Å². The van der Waals surface area contributed by atoms with Crippen molar-refractivity contribution in [3.8, 4) is 11.5 Å². The molecule has 2 aromatic carbocycles. The van der Waals surface area contributed by atoms with Gasteiger partial charge in [-0.3, -0.25) is 14.4 Å². The Morgan fingerprint density at radius 1 is 1.00 bits per heavy atom. The second-order valence-corrected chi connectivity index (χ2v) is 11.2. The van der Waals surface area contributed by atoms with Gasteiger partial charge >= 0.3 is 5.97 Å². The number of fused-ring (bicyclic) bond motifs is 1. The van der Waals surface area contributed by atoms with E-state index in [1.54, 1.807) is 31.3 Å². The monoisotopic (exact) mass is 534 g/mol. The van der Waals surface area contributed by atoms with Crippen molar-refractivity contribution in [3.63, 3.8) is 0 Å². The van der Waals surface area contributed by atoms with Crippen LogP contribution in [-0.2, 0) is 32.2 Å². The first kappa shape index (κ1) is 28.2. The molecule has 0 aromatic heterocycles. The Labute approximate surface area is 230 Å². The number of benzene rings is 2. The van der Waals surface area contributed by atoms with Gasteiger partial charge in [0.2, 0.25) is 11.8 Å². The summed E-state index contributed by atoms with van der Waals surface area (Å²) in [4.78, 5) is 42.2. The third-order valence-corrected chi connectivity index (χ3v) is 7.75. The minimum Gasteiger partial charge on any atom is -0.493 e. The summed E-state index contributed by atoms with van der Waals surface area (Å²) in [6, 6.07) is 15.1. The van der Waals surface area contributed by atoms with Crippen molar-refractivity contribution in [1.82, 2.24) is 10.2 Å². The fourth-order valence-electron chi connectivity index (χ4n) is 5.97. The molecule has 4 rings (SSSR count). The van der Waals surface area contributed by atoms with Crippen LogP contribution in [0, 0.1) is 16.7 Å². The minimum absolute atomic E-state index is 0.0239. The number of ether oxygens (including phenoxy) is 3. The highest BCUT2D eigenvalue weighted by atomic mass is 16.5. The Balaban J connectivity index is 1.59. The number of carbonyl (C=O) groups is 3. The van der Waals surface area contributed by atoms with E-state index in [1.165, 1.54) is 7.11 Å². The third-order valence-electron chi connectivity index (χ3n) is 7.75. The third kappa shape index (κ3) is 5.95. The lowest BCUT2D eigenvalue weighted by molar-refractivity contribution is -0.162. The summed E-state index contributed by atoms with van der Waals surface area (Å²) < 4.78 is 16.0. The van der Waals surface area contributed by atoms with Crippen molar-refractivity contribution in [2.75, 3.05) is 21.3 Å². The van der Waals surface area contributed by atoms with Crippen LogP contribution in [0.25, 0.3) is 0 Å². The normalized spacial score (nSPS) is 21.9. The van der Waals surface area contributed by atoms with Gasteiger partial charge in [0.1, 0.15) is 5.41 Å². The molecule has 1 saturated heterocycles. The van der Waals surface area contributed by atoms with Crippen molar-refractivity contribution in [2.45, 2.75) is 52.6 Å². The van der Waals surface area contributed by atoms with E-state index in [9.17, 15) is 14.4 Å². The van der Waals surface area contributed by atoms with E-state index in [0.717, 1.165) is 17.5 Å². The molecular weight excluding hydrogens is 496 g/mol. The molecule has 8 nitrogen and oxygen atoms in total. The van der Waals surface area contributed by atoms with Crippen molar-refractivity contribution in [2.24, 2.45) is 16.7 Å². The number of amides is 2. The number of hydrogen-bond acceptors (Lipinski definition) is 6. The van der Waals surface area contributed by atoms with Gasteiger partial charge in [0, 0.05) is 24.6 Å². The second-order valence-electron chi connectivity index (χ2n) is 11.2. The number of allylic oxidation sites excluding steroid dienone is 1. The molecule has 2 atom stereocenters. The average Bonchev–Trinajstić information content (AvgIpc) is 2.93. The van der Waals surface area contributed by atoms with E-state index >= 15 is 0 Å². The molecule has 0 spiro atoms. The quantitative estimate of drug-likeness (QED) is 0.472. The lowest BCUT2D eigenvalue weighted by Gasteiger charge is -2.51. The molecule has 0 radical (unpaired) electrons. The van der Waals surface area contributed by atoms with Gasteiger partial charge in [-0.25, -0.2) is 0 Å². The van der Waals surface area contributed by atoms with Gasteiger partial charge in [0.25, 0.3) is 0 Å². The predicted molar refractivity (Wildman–Crippen MR) is 147 cm³/mol. The molecule has 1 aliphatic heterocycles. The summed E-state index contributed by atoms with van der Waals surface area (Å²) in [5.74, 6) is -0.253. The summed E-state index contributed by atoms with van der Waals surface area (Å²) in [5, 5.41) is 2.93. The maximum absolute atomic E-state index is 13.9. The van der Waals surface area contributed by atoms with Gasteiger partial charge in [-0.1, -0.05) is 56.3 Å². The average molecular weight is 535 g/mol. The molecule has 208 valence electrons. The molecule has 1 aliphatic carbocycles. The number of likely N-dealkylation sites (tertiary alicyclic amines) is 1. The zero-order valence-electron chi connectivity index (χ0n) is 23.4. The van der Waals surface area contributed by atoms with Gasteiger partial charge in [0.05, 0.1) is 27.9 Å². The number of nitrogens with zero attached hydrogens (tertiary/aromatic N) is 1. The lowest BCUT2D eigenvalue weighted by Crippen LogP contribution is -2.55. The van der Waals surface area contributed by atoms with E-state index < -0.39 is 11.3 Å². The van der Waals surface area contributed by atoms with Crippen LogP contribution in [0.15, 0.2) is 60.3 Å². The van der Waals surface area contributed by atoms with Crippen LogP contribution in [0.5, 0.6) is 11.5 Å². The van der Waals surface area contributed by atoms with Crippen LogP contribution in [0.3, 0.4) is 0 Å². The van der Waals surface area contributed by atoms with Crippen molar-refractivity contribution in [1.29, 1.82) is 0 Å². The maximum atomic E-state index is 13.9. The number of esters is 1. The van der Waals surface area contributed by atoms with Gasteiger partial charge in [0.15, 0.2) is 11.5 Å². The first-order valence-electron chi connectivity index (χ1n) is 13.2. The zero-order valence-corrected chi connectivity index (χ0v) is 23.4. The highest BCUT2D eigenvalue weighted by Crippen LogP contribution is 2.55. The highest BCUT2D eigenvalue weighted by molar-refractivity contribution is 5.92. The molecule has 0 unspecified atom stereocenters. The van der Waals surface area contributed by atoms with Crippen molar-refractivity contribution < 1.29 is 28.6 Å². The molecule has 2 aromatic rings. The SMILES string of the molecule is COC(=O)[C@@]12C[C@H](CC(=O)NCc3ccc(OC)c(OC)c3)C(=O)N(Cc3ccccc3)C1=CCC(C)(C)C2. The Morgan fingerprint density at radius 3 is 2.38 bits per heavy atom. The Hall–Kier alpha value is -3.81. The summed E-state index contributed by atoms with van der Waals surface area (Å²) in [7, 11) is 4.51. The van der Waals surface area contributed by atoms with E-state index in [0.29, 0.717) is 30.2 Å². The topological polar surface area (TPSA) is 94.2 Å². The van der Waals surface area contributed by atoms with E-state index in [1.807, 2.05) is 42.5 Å². The smallest absolute Gasteiger partial charge is 0.317 e. The standard InChI is InChI=1S/C31H38N2O6/c1-30(2)14-13-26-31(20-30,29(36)39-5)17-23(28(35)33(26)19-21-9-7-6-8-10-21)16-27(34)32-18-22-11-12-24(37-3)25(15-22)38-4/h6-13,15,23H,14,16-20H2,1-5H3,(H,32,34)/t23-,31+/m0/s1. The molecule has 1 N–H and O–H groups in total. The molecule has 2 amide bonds. The lowest BCUT2D eigenvalue weighted by atomic mass is 9.59. The van der Waals surface area contributed by atoms with Crippen LogP contribution in [0.1, 0.15) is 50.7 Å². The summed E-state index contributed by atoms with van der Waals surface area (Å²) in [6.07, 6.45) is 3.53. The molecule has 2 aliphatic rings. The molecule has 1 fully saturated rings. The largest absolute Gasteiger partial charge is 0.493 e. The van der Waals surface area contributed by atoms with Crippen LogP contribution in [-0.4, -0.2) is 44.0 Å². The minimum atomic E-state index is -0.993. The summed E-state index contributed by atoms with van der Waals surface area (Å²) in [6.45, 7) is 4.84. The summed E-state index contributed by atoms with van der Waals surface area (Å²) >= 11 is 0. The van der Waals surface area contributed by atoms with Crippen molar-refractivity contribution >= 4 is 17.8 Å². The van der Waals surface area contributed by atoms with E-state index in [2.05, 4.69) is 19.2 Å². The first-order chi connectivity index (χ1) is 18.6. The van der Waals surface area contributed by atoms with Crippen LogP contribution < -0.4 is 14.8 Å². The number of carbonyl (C=O) groups excluding carboxylic acids is 3. The Kier molecular flexibility index (Phi) is 8.33. The number of nitrogens with one attached hydrogen (secondary N) is 1. The maximum Gasteiger partial charge on any atom is 0.317 e. The van der Waals surface area contributed by atoms with Gasteiger partial charge in [-0.05, 0) is 47.9 Å². The molecule has 0 bridgehead atoms. The number of rotatable bonds is 9. The first-order valence-corrected chi connectivity index (χ1v) is 13.2. The van der Waals surface area contributed by atoms with Crippen LogP contribution in [0.4, 0.5) is 0 Å². The fraction of sp³-hybridized carbons (Fsp3) is 0.452. The highest BCUT2D eigenvalue weighted by Gasteiger charge is 2.57. The van der Waals surface area contributed by atoms with Crippen LogP contribution in [0.2, 0.25) is 0 Å². The predicted octanol–water partition coefficient (Wildman–Crippen LogP) is 4.62. The van der Waals surface area contributed by atoms with E-state index in [4.69, 9.17) is 14.2 Å². The number of hydrogen-bond donors (Lipinski definition) is 1. The Morgan fingerprint density at radius 2 is 1.72 bits per heavy atom.